The van der Waals surface area contributed by atoms with Crippen LogP contribution in [0, 0.1) is 0 Å². The summed E-state index contributed by atoms with van der Waals surface area (Å²) in [5, 5.41) is 11.5. The number of anilines is 1. The van der Waals surface area contributed by atoms with Crippen LogP contribution < -0.4 is 4.90 Å². The highest BCUT2D eigenvalue weighted by Gasteiger charge is 2.33. The van der Waals surface area contributed by atoms with Crippen molar-refractivity contribution >= 4 is 16.5 Å². The van der Waals surface area contributed by atoms with Crippen molar-refractivity contribution in [3.05, 3.63) is 10.6 Å². The summed E-state index contributed by atoms with van der Waals surface area (Å²) in [6.45, 7) is 13.6. The Balaban J connectivity index is 2.44. The first-order valence-electron chi connectivity index (χ1n) is 7.61. The molecule has 1 aromatic rings. The number of piperidine rings is 1. The molecule has 0 bridgehead atoms. The molecule has 1 atom stereocenters. The second kappa shape index (κ2) is 5.30. The Morgan fingerprint density at radius 3 is 2.30 bits per heavy atom. The van der Waals surface area contributed by atoms with Crippen LogP contribution in [0.3, 0.4) is 0 Å². The number of thiazole rings is 1. The van der Waals surface area contributed by atoms with Crippen molar-refractivity contribution in [3.8, 4) is 0 Å². The summed E-state index contributed by atoms with van der Waals surface area (Å²) in [4.78, 5) is 8.33. The van der Waals surface area contributed by atoms with Crippen LogP contribution in [0.25, 0.3) is 0 Å². The SMILES string of the molecule is CC1CCCCN1c1nc(C(C)(C)C)c(C(C)(C)O)s1. The molecule has 0 aliphatic carbocycles. The summed E-state index contributed by atoms with van der Waals surface area (Å²) in [7, 11) is 0. The highest BCUT2D eigenvalue weighted by Crippen LogP contribution is 2.40. The average Bonchev–Trinajstić information content (AvgIpc) is 2.73. The predicted octanol–water partition coefficient (Wildman–Crippen LogP) is 4.05. The summed E-state index contributed by atoms with van der Waals surface area (Å²) in [5.41, 5.74) is 0.184. The van der Waals surface area contributed by atoms with Crippen molar-refractivity contribution in [2.75, 3.05) is 11.4 Å². The number of aromatic nitrogens is 1. The summed E-state index contributed by atoms with van der Waals surface area (Å²) < 4.78 is 0. The quantitative estimate of drug-likeness (QED) is 0.894. The monoisotopic (exact) mass is 296 g/mol. The third-order valence-electron chi connectivity index (χ3n) is 3.93. The van der Waals surface area contributed by atoms with E-state index in [9.17, 15) is 5.11 Å². The standard InChI is InChI=1S/C16H28N2OS/c1-11-9-7-8-10-18(11)14-17-12(15(2,3)4)13(20-14)16(5,6)19/h11,19H,7-10H2,1-6H3. The van der Waals surface area contributed by atoms with Crippen molar-refractivity contribution in [1.82, 2.24) is 4.98 Å². The fourth-order valence-corrected chi connectivity index (χ4v) is 4.14. The van der Waals surface area contributed by atoms with Crippen molar-refractivity contribution in [1.29, 1.82) is 0 Å². The third-order valence-corrected chi connectivity index (χ3v) is 5.34. The molecule has 2 heterocycles. The van der Waals surface area contributed by atoms with E-state index in [0.29, 0.717) is 6.04 Å². The minimum atomic E-state index is -0.822. The molecule has 1 aliphatic rings. The lowest BCUT2D eigenvalue weighted by Gasteiger charge is -2.33. The van der Waals surface area contributed by atoms with Gasteiger partial charge in [-0.05, 0) is 40.0 Å². The molecule has 20 heavy (non-hydrogen) atoms. The minimum Gasteiger partial charge on any atom is -0.385 e. The molecule has 1 aromatic heterocycles. The molecule has 0 saturated carbocycles. The van der Waals surface area contributed by atoms with Crippen LogP contribution in [0.5, 0.6) is 0 Å². The van der Waals surface area contributed by atoms with Gasteiger partial charge in [-0.25, -0.2) is 4.98 Å². The second-order valence-corrected chi connectivity index (χ2v) is 8.50. The minimum absolute atomic E-state index is 0.0386. The van der Waals surface area contributed by atoms with Crippen LogP contribution in [0.2, 0.25) is 0 Å². The Labute approximate surface area is 127 Å². The van der Waals surface area contributed by atoms with Crippen LogP contribution in [0.1, 0.15) is 71.4 Å². The zero-order chi connectivity index (χ0) is 15.1. The summed E-state index contributed by atoms with van der Waals surface area (Å²) in [6.07, 6.45) is 3.79. The summed E-state index contributed by atoms with van der Waals surface area (Å²) >= 11 is 1.67. The van der Waals surface area contributed by atoms with E-state index < -0.39 is 5.60 Å². The van der Waals surface area contributed by atoms with Crippen LogP contribution in [-0.4, -0.2) is 22.7 Å². The molecule has 1 fully saturated rings. The van der Waals surface area contributed by atoms with E-state index in [0.717, 1.165) is 22.2 Å². The van der Waals surface area contributed by atoms with Crippen molar-refractivity contribution in [2.45, 2.75) is 77.9 Å². The molecule has 0 aromatic carbocycles. The normalized spacial score (nSPS) is 21.4. The van der Waals surface area contributed by atoms with Gasteiger partial charge in [0.25, 0.3) is 0 Å². The Kier molecular flexibility index (Phi) is 4.18. The van der Waals surface area contributed by atoms with Crippen molar-refractivity contribution in [2.24, 2.45) is 0 Å². The van der Waals surface area contributed by atoms with Crippen LogP contribution in [0.15, 0.2) is 0 Å². The Morgan fingerprint density at radius 1 is 1.20 bits per heavy atom. The van der Waals surface area contributed by atoms with Gasteiger partial charge in [0.2, 0.25) is 0 Å². The molecule has 0 radical (unpaired) electrons. The van der Waals surface area contributed by atoms with Gasteiger partial charge in [0.05, 0.1) is 16.2 Å². The molecule has 4 heteroatoms. The maximum atomic E-state index is 10.5. The molecule has 3 nitrogen and oxygen atoms in total. The molecule has 1 saturated heterocycles. The fourth-order valence-electron chi connectivity index (χ4n) is 2.74. The lowest BCUT2D eigenvalue weighted by Crippen LogP contribution is -2.37. The van der Waals surface area contributed by atoms with Crippen LogP contribution >= 0.6 is 11.3 Å². The summed E-state index contributed by atoms with van der Waals surface area (Å²) in [6, 6.07) is 0.553. The maximum Gasteiger partial charge on any atom is 0.186 e. The first-order chi connectivity index (χ1) is 9.10. The first kappa shape index (κ1) is 15.8. The number of aliphatic hydroxyl groups is 1. The van der Waals surface area contributed by atoms with Gasteiger partial charge in [-0.3, -0.25) is 0 Å². The molecule has 1 N–H and O–H groups in total. The molecular formula is C16H28N2OS. The van der Waals surface area contributed by atoms with Gasteiger partial charge in [0.15, 0.2) is 5.13 Å². The van der Waals surface area contributed by atoms with Gasteiger partial charge < -0.3 is 10.0 Å². The van der Waals surface area contributed by atoms with Gasteiger partial charge in [-0.2, -0.15) is 0 Å². The third kappa shape index (κ3) is 3.17. The highest BCUT2D eigenvalue weighted by molar-refractivity contribution is 7.15. The van der Waals surface area contributed by atoms with Gasteiger partial charge in [-0.1, -0.05) is 32.1 Å². The second-order valence-electron chi connectivity index (χ2n) is 7.52. The van der Waals surface area contributed by atoms with E-state index in [4.69, 9.17) is 4.98 Å². The van der Waals surface area contributed by atoms with E-state index >= 15 is 0 Å². The number of hydrogen-bond acceptors (Lipinski definition) is 4. The van der Waals surface area contributed by atoms with Gasteiger partial charge >= 0.3 is 0 Å². The predicted molar refractivity (Wildman–Crippen MR) is 86.7 cm³/mol. The number of hydrogen-bond donors (Lipinski definition) is 1. The van der Waals surface area contributed by atoms with Crippen molar-refractivity contribution < 1.29 is 5.11 Å². The number of nitrogens with zero attached hydrogens (tertiary/aromatic N) is 2. The Morgan fingerprint density at radius 2 is 1.85 bits per heavy atom. The molecule has 1 unspecified atom stereocenters. The maximum absolute atomic E-state index is 10.5. The molecule has 0 spiro atoms. The van der Waals surface area contributed by atoms with E-state index in [2.05, 4.69) is 32.6 Å². The molecule has 1 aliphatic heterocycles. The summed E-state index contributed by atoms with van der Waals surface area (Å²) in [5.74, 6) is 0. The van der Waals surface area contributed by atoms with Crippen LogP contribution in [-0.2, 0) is 11.0 Å². The highest BCUT2D eigenvalue weighted by atomic mass is 32.1. The van der Waals surface area contributed by atoms with Gasteiger partial charge in [-0.15, -0.1) is 0 Å². The number of rotatable bonds is 2. The zero-order valence-corrected chi connectivity index (χ0v) is 14.5. The molecule has 0 amide bonds. The average molecular weight is 296 g/mol. The topological polar surface area (TPSA) is 36.4 Å². The molecule has 2 rings (SSSR count). The van der Waals surface area contributed by atoms with Crippen molar-refractivity contribution in [3.63, 3.8) is 0 Å². The fraction of sp³-hybridized carbons (Fsp3) is 0.812. The molecular weight excluding hydrogens is 268 g/mol. The van der Waals surface area contributed by atoms with Crippen LogP contribution in [0.4, 0.5) is 5.13 Å². The van der Waals surface area contributed by atoms with E-state index in [1.807, 2.05) is 13.8 Å². The Bertz CT molecular complexity index is 436. The van der Waals surface area contributed by atoms with E-state index in [-0.39, 0.29) is 5.41 Å². The first-order valence-corrected chi connectivity index (χ1v) is 8.43. The smallest absolute Gasteiger partial charge is 0.186 e. The Hall–Kier alpha value is -0.610. The largest absolute Gasteiger partial charge is 0.385 e. The lowest BCUT2D eigenvalue weighted by molar-refractivity contribution is 0.0803. The van der Waals surface area contributed by atoms with E-state index in [1.165, 1.54) is 19.3 Å². The molecule has 114 valence electrons. The van der Waals surface area contributed by atoms with Gasteiger partial charge in [0, 0.05) is 18.0 Å². The van der Waals surface area contributed by atoms with Gasteiger partial charge in [0.1, 0.15) is 0 Å². The zero-order valence-electron chi connectivity index (χ0n) is 13.7. The lowest BCUT2D eigenvalue weighted by atomic mass is 9.88. The van der Waals surface area contributed by atoms with E-state index in [1.54, 1.807) is 11.3 Å².